The van der Waals surface area contributed by atoms with Gasteiger partial charge in [0, 0.05) is 44.0 Å². The molecule has 2 amide bonds. The van der Waals surface area contributed by atoms with E-state index in [1.54, 1.807) is 7.11 Å². The molecule has 1 heterocycles. The van der Waals surface area contributed by atoms with Crippen LogP contribution in [0.15, 0.2) is 48.5 Å². The van der Waals surface area contributed by atoms with Crippen LogP contribution < -0.4 is 15.4 Å². The smallest absolute Gasteiger partial charge is 0.238 e. The highest BCUT2D eigenvalue weighted by atomic mass is 16.5. The lowest BCUT2D eigenvalue weighted by Gasteiger charge is -2.33. The van der Waals surface area contributed by atoms with Crippen LogP contribution in [-0.4, -0.2) is 68.0 Å². The number of hydrogen-bond donors (Lipinski definition) is 2. The summed E-state index contributed by atoms with van der Waals surface area (Å²) in [5.74, 6) is 0.772. The largest absolute Gasteiger partial charge is 0.496 e. The summed E-state index contributed by atoms with van der Waals surface area (Å²) < 4.78 is 5.32. The molecular formula is C24H32N4O3. The number of hydrogen-bond acceptors (Lipinski definition) is 5. The molecular weight excluding hydrogens is 392 g/mol. The van der Waals surface area contributed by atoms with E-state index in [2.05, 4.69) is 27.4 Å². The van der Waals surface area contributed by atoms with Crippen LogP contribution in [0.2, 0.25) is 0 Å². The summed E-state index contributed by atoms with van der Waals surface area (Å²) in [6.45, 7) is 6.32. The maximum atomic E-state index is 12.4. The summed E-state index contributed by atoms with van der Waals surface area (Å²) in [4.78, 5) is 29.0. The summed E-state index contributed by atoms with van der Waals surface area (Å²) in [5, 5.41) is 5.99. The lowest BCUT2D eigenvalue weighted by atomic mass is 10.1. The Morgan fingerprint density at radius 2 is 1.45 bits per heavy atom. The molecule has 2 aromatic rings. The zero-order valence-corrected chi connectivity index (χ0v) is 18.4. The van der Waals surface area contributed by atoms with Gasteiger partial charge in [0.05, 0.1) is 20.2 Å². The fourth-order valence-electron chi connectivity index (χ4n) is 3.75. The Kier molecular flexibility index (Phi) is 8.44. The number of nitrogens with zero attached hydrogens (tertiary/aromatic N) is 2. The standard InChI is InChI=1S/C24H32N4O3/c1-3-19-8-4-6-10-21(19)26-24(30)18-28-14-12-27(13-15-28)17-23(29)25-16-20-9-5-7-11-22(20)31-2/h4-11H,3,12-18H2,1-2H3,(H,25,29)(H,26,30). The Morgan fingerprint density at radius 1 is 0.871 bits per heavy atom. The van der Waals surface area contributed by atoms with Crippen molar-refractivity contribution in [3.63, 3.8) is 0 Å². The number of rotatable bonds is 9. The molecule has 2 aromatic carbocycles. The van der Waals surface area contributed by atoms with E-state index in [4.69, 9.17) is 4.74 Å². The van der Waals surface area contributed by atoms with Crippen molar-refractivity contribution in [1.82, 2.24) is 15.1 Å². The summed E-state index contributed by atoms with van der Waals surface area (Å²) in [6, 6.07) is 15.6. The molecule has 1 fully saturated rings. The zero-order valence-electron chi connectivity index (χ0n) is 18.4. The Balaban J connectivity index is 1.38. The molecule has 0 atom stereocenters. The van der Waals surface area contributed by atoms with Crippen molar-refractivity contribution in [2.75, 3.05) is 51.7 Å². The molecule has 0 radical (unpaired) electrons. The van der Waals surface area contributed by atoms with Gasteiger partial charge in [-0.15, -0.1) is 0 Å². The van der Waals surface area contributed by atoms with Crippen molar-refractivity contribution < 1.29 is 14.3 Å². The number of nitrogens with one attached hydrogen (secondary N) is 2. The number of carbonyl (C=O) groups is 2. The second kappa shape index (κ2) is 11.5. The Bertz CT molecular complexity index is 879. The average Bonchev–Trinajstić information content (AvgIpc) is 2.79. The van der Waals surface area contributed by atoms with Gasteiger partial charge in [-0.2, -0.15) is 0 Å². The van der Waals surface area contributed by atoms with Crippen molar-refractivity contribution >= 4 is 17.5 Å². The summed E-state index contributed by atoms with van der Waals surface area (Å²) >= 11 is 0. The Morgan fingerprint density at radius 3 is 2.10 bits per heavy atom. The first-order chi connectivity index (χ1) is 15.1. The van der Waals surface area contributed by atoms with Crippen molar-refractivity contribution in [3.05, 3.63) is 59.7 Å². The molecule has 7 heteroatoms. The quantitative estimate of drug-likeness (QED) is 0.645. The first-order valence-corrected chi connectivity index (χ1v) is 10.8. The lowest BCUT2D eigenvalue weighted by molar-refractivity contribution is -0.123. The van der Waals surface area contributed by atoms with Crippen molar-refractivity contribution in [1.29, 1.82) is 0 Å². The maximum Gasteiger partial charge on any atom is 0.238 e. The first kappa shape index (κ1) is 22.8. The van der Waals surface area contributed by atoms with Crippen LogP contribution in [0.5, 0.6) is 5.75 Å². The molecule has 1 saturated heterocycles. The van der Waals surface area contributed by atoms with E-state index in [1.165, 1.54) is 0 Å². The van der Waals surface area contributed by atoms with Crippen LogP contribution in [0.1, 0.15) is 18.1 Å². The van der Waals surface area contributed by atoms with E-state index in [0.717, 1.165) is 55.2 Å². The minimum Gasteiger partial charge on any atom is -0.496 e. The van der Waals surface area contributed by atoms with Gasteiger partial charge in [-0.3, -0.25) is 19.4 Å². The monoisotopic (exact) mass is 424 g/mol. The van der Waals surface area contributed by atoms with E-state index < -0.39 is 0 Å². The number of piperazine rings is 1. The number of methoxy groups -OCH3 is 1. The molecule has 31 heavy (non-hydrogen) atoms. The molecule has 2 N–H and O–H groups in total. The average molecular weight is 425 g/mol. The molecule has 0 spiro atoms. The predicted molar refractivity (Wildman–Crippen MR) is 122 cm³/mol. The normalized spacial score (nSPS) is 14.8. The second-order valence-electron chi connectivity index (χ2n) is 7.70. The van der Waals surface area contributed by atoms with Gasteiger partial charge in [0.15, 0.2) is 0 Å². The molecule has 0 unspecified atom stereocenters. The van der Waals surface area contributed by atoms with Crippen LogP contribution in [-0.2, 0) is 22.6 Å². The number of para-hydroxylation sites is 2. The zero-order chi connectivity index (χ0) is 22.1. The molecule has 0 aromatic heterocycles. The number of amides is 2. The number of aryl methyl sites for hydroxylation is 1. The fourth-order valence-corrected chi connectivity index (χ4v) is 3.75. The SMILES string of the molecule is CCc1ccccc1NC(=O)CN1CCN(CC(=O)NCc2ccccc2OC)CC1. The number of ether oxygens (including phenoxy) is 1. The van der Waals surface area contributed by atoms with E-state index in [-0.39, 0.29) is 11.8 Å². The van der Waals surface area contributed by atoms with Crippen LogP contribution >= 0.6 is 0 Å². The topological polar surface area (TPSA) is 73.9 Å². The molecule has 0 saturated carbocycles. The van der Waals surface area contributed by atoms with Crippen LogP contribution in [0.4, 0.5) is 5.69 Å². The van der Waals surface area contributed by atoms with Gasteiger partial charge < -0.3 is 15.4 Å². The third kappa shape index (κ3) is 6.80. The van der Waals surface area contributed by atoms with Gasteiger partial charge in [-0.05, 0) is 24.1 Å². The Labute approximate surface area is 184 Å². The van der Waals surface area contributed by atoms with Crippen molar-refractivity contribution in [3.8, 4) is 5.75 Å². The summed E-state index contributed by atoms with van der Waals surface area (Å²) in [5.41, 5.74) is 2.99. The van der Waals surface area contributed by atoms with Crippen LogP contribution in [0.25, 0.3) is 0 Å². The molecule has 0 aliphatic carbocycles. The van der Waals surface area contributed by atoms with E-state index in [9.17, 15) is 9.59 Å². The first-order valence-electron chi connectivity index (χ1n) is 10.8. The van der Waals surface area contributed by atoms with Crippen LogP contribution in [0, 0.1) is 0 Å². The summed E-state index contributed by atoms with van der Waals surface area (Å²) in [6.07, 6.45) is 0.883. The van der Waals surface area contributed by atoms with Gasteiger partial charge >= 0.3 is 0 Å². The van der Waals surface area contributed by atoms with Crippen LogP contribution in [0.3, 0.4) is 0 Å². The second-order valence-corrected chi connectivity index (χ2v) is 7.70. The van der Waals surface area contributed by atoms with Gasteiger partial charge in [0.2, 0.25) is 11.8 Å². The van der Waals surface area contributed by atoms with Gasteiger partial charge in [-0.25, -0.2) is 0 Å². The molecule has 1 aliphatic rings. The number of carbonyl (C=O) groups excluding carboxylic acids is 2. The highest BCUT2D eigenvalue weighted by molar-refractivity contribution is 5.93. The van der Waals surface area contributed by atoms with E-state index >= 15 is 0 Å². The third-order valence-electron chi connectivity index (χ3n) is 5.54. The highest BCUT2D eigenvalue weighted by Crippen LogP contribution is 2.17. The third-order valence-corrected chi connectivity index (χ3v) is 5.54. The minimum atomic E-state index is -0.00623. The van der Waals surface area contributed by atoms with Crippen molar-refractivity contribution in [2.24, 2.45) is 0 Å². The minimum absolute atomic E-state index is 0.00361. The molecule has 3 rings (SSSR count). The Hall–Kier alpha value is -2.90. The van der Waals surface area contributed by atoms with Crippen molar-refractivity contribution in [2.45, 2.75) is 19.9 Å². The number of benzene rings is 2. The molecule has 166 valence electrons. The summed E-state index contributed by atoms with van der Waals surface area (Å²) in [7, 11) is 1.63. The molecule has 1 aliphatic heterocycles. The molecule has 0 bridgehead atoms. The van der Waals surface area contributed by atoms with E-state index in [0.29, 0.717) is 19.6 Å². The van der Waals surface area contributed by atoms with E-state index in [1.807, 2.05) is 48.5 Å². The molecule has 7 nitrogen and oxygen atoms in total. The fraction of sp³-hybridized carbons (Fsp3) is 0.417. The highest BCUT2D eigenvalue weighted by Gasteiger charge is 2.21. The maximum absolute atomic E-state index is 12.4. The van der Waals surface area contributed by atoms with Gasteiger partial charge in [-0.1, -0.05) is 43.3 Å². The predicted octanol–water partition coefficient (Wildman–Crippen LogP) is 2.13. The number of anilines is 1. The van der Waals surface area contributed by atoms with Gasteiger partial charge in [0.25, 0.3) is 0 Å². The van der Waals surface area contributed by atoms with Gasteiger partial charge in [0.1, 0.15) is 5.75 Å². The lowest BCUT2D eigenvalue weighted by Crippen LogP contribution is -2.50.